The highest BCUT2D eigenvalue weighted by molar-refractivity contribution is 5.95. The average Bonchev–Trinajstić information content (AvgIpc) is 2.90. The first kappa shape index (κ1) is 30.6. The van der Waals surface area contributed by atoms with Gasteiger partial charge in [0, 0.05) is 46.3 Å². The third-order valence-corrected chi connectivity index (χ3v) is 5.90. The minimum Gasteiger partial charge on any atom is -0.493 e. The maximum atomic E-state index is 12.9. The Morgan fingerprint density at radius 1 is 0.825 bits per heavy atom. The van der Waals surface area contributed by atoms with Gasteiger partial charge in [-0.3, -0.25) is 24.0 Å². The number of nitrogens with zero attached hydrogens (tertiary/aromatic N) is 1. The molecule has 220 valence electrons. The molecule has 0 aromatic heterocycles. The number of esters is 4. The minimum atomic E-state index is -1.45. The van der Waals surface area contributed by atoms with Crippen LogP contribution in [0.2, 0.25) is 0 Å². The molecule has 14 nitrogen and oxygen atoms in total. The van der Waals surface area contributed by atoms with Crippen LogP contribution < -0.4 is 9.47 Å². The van der Waals surface area contributed by atoms with E-state index in [1.54, 1.807) is 4.90 Å². The van der Waals surface area contributed by atoms with Crippen molar-refractivity contribution in [1.29, 1.82) is 0 Å². The van der Waals surface area contributed by atoms with Crippen LogP contribution in [-0.2, 0) is 47.6 Å². The van der Waals surface area contributed by atoms with Crippen molar-refractivity contribution in [3.05, 3.63) is 23.8 Å². The number of rotatable bonds is 9. The van der Waals surface area contributed by atoms with E-state index in [0.29, 0.717) is 31.9 Å². The van der Waals surface area contributed by atoms with Crippen molar-refractivity contribution in [2.75, 3.05) is 40.0 Å². The second-order valence-electron chi connectivity index (χ2n) is 8.96. The smallest absolute Gasteiger partial charge is 0.303 e. The Morgan fingerprint density at radius 3 is 2.00 bits per heavy atom. The normalized spacial score (nSPS) is 24.3. The van der Waals surface area contributed by atoms with Gasteiger partial charge in [0.15, 0.2) is 23.7 Å². The molecule has 1 aromatic carbocycles. The zero-order chi connectivity index (χ0) is 29.4. The van der Waals surface area contributed by atoms with Crippen LogP contribution in [0.1, 0.15) is 38.1 Å². The lowest BCUT2D eigenvalue weighted by molar-refractivity contribution is -0.288. The highest BCUT2D eigenvalue weighted by Gasteiger charge is 2.53. The first-order chi connectivity index (χ1) is 19.0. The number of amides is 1. The van der Waals surface area contributed by atoms with Crippen molar-refractivity contribution in [3.63, 3.8) is 0 Å². The van der Waals surface area contributed by atoms with E-state index in [9.17, 15) is 24.0 Å². The van der Waals surface area contributed by atoms with E-state index in [4.69, 9.17) is 37.9 Å². The Labute approximate surface area is 230 Å². The first-order valence-electron chi connectivity index (χ1n) is 12.5. The van der Waals surface area contributed by atoms with E-state index in [-0.39, 0.29) is 17.4 Å². The lowest BCUT2D eigenvalue weighted by Crippen LogP contribution is -2.63. The molecule has 0 radical (unpaired) electrons. The third kappa shape index (κ3) is 8.05. The van der Waals surface area contributed by atoms with Crippen LogP contribution in [0.15, 0.2) is 18.2 Å². The standard InChI is InChI=1S/C26H33NO13/c1-14(28)35-13-21-22(36-15(2)29)23(37-16(3)30)24(38-17(4)31)26(40-21)39-19-7-6-18(12-20(19)33-5)25(32)27-8-10-34-11-9-27/h6-7,12,21-24,26H,8-11,13H2,1-5H3/t21-,22-,23-,24-,26-/m1/s1. The number of carbonyl (C=O) groups is 5. The Morgan fingerprint density at radius 2 is 1.43 bits per heavy atom. The Kier molecular flexibility index (Phi) is 10.7. The number of morpholine rings is 1. The van der Waals surface area contributed by atoms with Gasteiger partial charge >= 0.3 is 23.9 Å². The molecule has 0 saturated carbocycles. The van der Waals surface area contributed by atoms with Gasteiger partial charge in [0.2, 0.25) is 12.4 Å². The van der Waals surface area contributed by atoms with Crippen LogP contribution >= 0.6 is 0 Å². The highest BCUT2D eigenvalue weighted by atomic mass is 16.7. The monoisotopic (exact) mass is 567 g/mol. The van der Waals surface area contributed by atoms with Crippen LogP contribution in [0.25, 0.3) is 0 Å². The number of ether oxygens (including phenoxy) is 8. The van der Waals surface area contributed by atoms with Crippen molar-refractivity contribution in [2.24, 2.45) is 0 Å². The molecule has 0 unspecified atom stereocenters. The van der Waals surface area contributed by atoms with Gasteiger partial charge in [-0.25, -0.2) is 0 Å². The quantitative estimate of drug-likeness (QED) is 0.302. The summed E-state index contributed by atoms with van der Waals surface area (Å²) in [6.45, 7) is 5.92. The molecule has 0 aliphatic carbocycles. The summed E-state index contributed by atoms with van der Waals surface area (Å²) in [5.74, 6) is -2.89. The Balaban J connectivity index is 1.96. The van der Waals surface area contributed by atoms with Gasteiger partial charge in [-0.15, -0.1) is 0 Å². The molecule has 3 rings (SSSR count). The van der Waals surface area contributed by atoms with Gasteiger partial charge in [-0.1, -0.05) is 0 Å². The molecule has 2 heterocycles. The van der Waals surface area contributed by atoms with Crippen molar-refractivity contribution < 1.29 is 61.9 Å². The van der Waals surface area contributed by atoms with E-state index in [2.05, 4.69) is 0 Å². The molecule has 1 amide bonds. The van der Waals surface area contributed by atoms with Crippen LogP contribution in [0.5, 0.6) is 11.5 Å². The highest BCUT2D eigenvalue weighted by Crippen LogP contribution is 2.35. The SMILES string of the molecule is COc1cc(C(=O)N2CCOCC2)ccc1O[C@@H]1O[C@H](COC(C)=O)[C@@H](OC(C)=O)[C@@H](OC(C)=O)[C@H]1OC(C)=O. The molecule has 2 aliphatic heterocycles. The topological polar surface area (TPSA) is 162 Å². The van der Waals surface area contributed by atoms with Crippen LogP contribution in [0, 0.1) is 0 Å². The van der Waals surface area contributed by atoms with Crippen LogP contribution in [0.4, 0.5) is 0 Å². The molecule has 2 fully saturated rings. The third-order valence-electron chi connectivity index (χ3n) is 5.90. The van der Waals surface area contributed by atoms with Crippen LogP contribution in [-0.4, -0.2) is 105 Å². The zero-order valence-electron chi connectivity index (χ0n) is 22.9. The fourth-order valence-corrected chi connectivity index (χ4v) is 4.26. The van der Waals surface area contributed by atoms with Gasteiger partial charge < -0.3 is 42.8 Å². The van der Waals surface area contributed by atoms with Gasteiger partial charge in [0.05, 0.1) is 20.3 Å². The summed E-state index contributed by atoms with van der Waals surface area (Å²) in [4.78, 5) is 62.0. The summed E-state index contributed by atoms with van der Waals surface area (Å²) in [5, 5.41) is 0. The molecule has 40 heavy (non-hydrogen) atoms. The van der Waals surface area contributed by atoms with Gasteiger partial charge in [0.1, 0.15) is 12.7 Å². The van der Waals surface area contributed by atoms with Gasteiger partial charge in [-0.2, -0.15) is 0 Å². The van der Waals surface area contributed by atoms with Gasteiger partial charge in [-0.05, 0) is 18.2 Å². The van der Waals surface area contributed by atoms with E-state index < -0.39 is 61.2 Å². The summed E-state index contributed by atoms with van der Waals surface area (Å²) in [7, 11) is 1.37. The number of hydrogen-bond acceptors (Lipinski definition) is 13. The number of methoxy groups -OCH3 is 1. The van der Waals surface area contributed by atoms with Crippen molar-refractivity contribution in [3.8, 4) is 11.5 Å². The van der Waals surface area contributed by atoms with E-state index >= 15 is 0 Å². The van der Waals surface area contributed by atoms with Crippen molar-refractivity contribution >= 4 is 29.8 Å². The van der Waals surface area contributed by atoms with Crippen molar-refractivity contribution in [1.82, 2.24) is 4.90 Å². The maximum Gasteiger partial charge on any atom is 0.303 e. The largest absolute Gasteiger partial charge is 0.493 e. The summed E-state index contributed by atoms with van der Waals surface area (Å²) < 4.78 is 44.0. The maximum absolute atomic E-state index is 12.9. The summed E-state index contributed by atoms with van der Waals surface area (Å²) in [6.07, 6.45) is -6.76. The molecule has 2 aliphatic rings. The fourth-order valence-electron chi connectivity index (χ4n) is 4.26. The fraction of sp³-hybridized carbons (Fsp3) is 0.577. The average molecular weight is 568 g/mol. The summed E-state index contributed by atoms with van der Waals surface area (Å²) in [6, 6.07) is 4.49. The molecule has 1 aromatic rings. The first-order valence-corrected chi connectivity index (χ1v) is 12.5. The van der Waals surface area contributed by atoms with Gasteiger partial charge in [0.25, 0.3) is 5.91 Å². The molecule has 5 atom stereocenters. The van der Waals surface area contributed by atoms with Crippen molar-refractivity contribution in [2.45, 2.75) is 58.4 Å². The second-order valence-corrected chi connectivity index (χ2v) is 8.96. The molecular formula is C26H33NO13. The second kappa shape index (κ2) is 13.9. The zero-order valence-corrected chi connectivity index (χ0v) is 22.9. The van der Waals surface area contributed by atoms with E-state index in [0.717, 1.165) is 20.8 Å². The Hall–Kier alpha value is -3.91. The lowest BCUT2D eigenvalue weighted by atomic mass is 9.98. The van der Waals surface area contributed by atoms with Crippen LogP contribution in [0.3, 0.4) is 0 Å². The predicted octanol–water partition coefficient (Wildman–Crippen LogP) is 0.630. The van der Waals surface area contributed by atoms with E-state index in [1.165, 1.54) is 32.2 Å². The molecule has 14 heteroatoms. The molecule has 0 N–H and O–H groups in total. The van der Waals surface area contributed by atoms with E-state index in [1.807, 2.05) is 0 Å². The number of carbonyl (C=O) groups excluding carboxylic acids is 5. The summed E-state index contributed by atoms with van der Waals surface area (Å²) >= 11 is 0. The molecule has 0 spiro atoms. The summed E-state index contributed by atoms with van der Waals surface area (Å²) in [5.41, 5.74) is 0.340. The minimum absolute atomic E-state index is 0.0990. The molecule has 2 saturated heterocycles. The predicted molar refractivity (Wildman–Crippen MR) is 132 cm³/mol. The lowest BCUT2D eigenvalue weighted by Gasteiger charge is -2.44. The molecular weight excluding hydrogens is 534 g/mol. The molecule has 0 bridgehead atoms. The number of hydrogen-bond donors (Lipinski definition) is 0. The number of benzene rings is 1. The Bertz CT molecular complexity index is 1100.